The second kappa shape index (κ2) is 6.24. The largest absolute Gasteiger partial charge is 0.366 e. The normalized spacial score (nSPS) is 23.6. The molecular weight excluding hydrogens is 310 g/mol. The lowest BCUT2D eigenvalue weighted by atomic mass is 10.2. The van der Waals surface area contributed by atoms with Crippen LogP contribution in [-0.2, 0) is 0 Å². The average molecular weight is 330 g/mol. The summed E-state index contributed by atoms with van der Waals surface area (Å²) in [7, 11) is 0. The summed E-state index contributed by atoms with van der Waals surface area (Å²) in [5, 5.41) is 4.29. The van der Waals surface area contributed by atoms with Crippen LogP contribution in [0, 0.1) is 0 Å². The topological polar surface area (TPSA) is 37.8 Å². The molecule has 0 radical (unpaired) electrons. The highest BCUT2D eigenvalue weighted by atomic mass is 79.9. The maximum Gasteiger partial charge on any atom is 0.134 e. The lowest BCUT2D eigenvalue weighted by molar-refractivity contribution is 0.740. The minimum Gasteiger partial charge on any atom is -0.366 e. The van der Waals surface area contributed by atoms with Gasteiger partial charge in [-0.05, 0) is 35.0 Å². The molecule has 1 heterocycles. The van der Waals surface area contributed by atoms with E-state index in [1.54, 1.807) is 0 Å². The summed E-state index contributed by atoms with van der Waals surface area (Å²) in [6.45, 7) is 4.23. The Hall–Kier alpha value is -0.290. The molecule has 100 valence electrons. The maximum atomic E-state index is 4.60. The molecular formula is C13H20BrN3S. The zero-order valence-corrected chi connectivity index (χ0v) is 13.5. The van der Waals surface area contributed by atoms with E-state index in [1.165, 1.54) is 19.3 Å². The van der Waals surface area contributed by atoms with Crippen molar-refractivity contribution in [3.05, 3.63) is 16.5 Å². The molecule has 1 aromatic heterocycles. The SMILES string of the molecule is CSC1CCCC1Nc1cc(Br)nc(C(C)C)n1. The first-order chi connectivity index (χ1) is 8.60. The molecule has 0 saturated heterocycles. The lowest BCUT2D eigenvalue weighted by Gasteiger charge is -2.20. The zero-order valence-electron chi connectivity index (χ0n) is 11.1. The van der Waals surface area contributed by atoms with Crippen LogP contribution < -0.4 is 5.32 Å². The Morgan fingerprint density at radius 1 is 1.39 bits per heavy atom. The van der Waals surface area contributed by atoms with Gasteiger partial charge in [0.25, 0.3) is 0 Å². The highest BCUT2D eigenvalue weighted by molar-refractivity contribution is 9.10. The quantitative estimate of drug-likeness (QED) is 0.845. The second-order valence-corrected chi connectivity index (χ2v) is 6.93. The molecule has 2 atom stereocenters. The number of aromatic nitrogens is 2. The van der Waals surface area contributed by atoms with Crippen LogP contribution in [0.25, 0.3) is 0 Å². The van der Waals surface area contributed by atoms with Crippen LogP contribution in [0.4, 0.5) is 5.82 Å². The van der Waals surface area contributed by atoms with E-state index >= 15 is 0 Å². The average Bonchev–Trinajstić information content (AvgIpc) is 2.75. The summed E-state index contributed by atoms with van der Waals surface area (Å²) in [4.78, 5) is 9.01. The predicted molar refractivity (Wildman–Crippen MR) is 82.4 cm³/mol. The smallest absolute Gasteiger partial charge is 0.134 e. The van der Waals surface area contributed by atoms with Crippen molar-refractivity contribution in [3.63, 3.8) is 0 Å². The van der Waals surface area contributed by atoms with Crippen molar-refractivity contribution in [2.45, 2.75) is 50.3 Å². The van der Waals surface area contributed by atoms with Crippen LogP contribution in [0.5, 0.6) is 0 Å². The Balaban J connectivity index is 2.13. The number of halogens is 1. The molecule has 1 N–H and O–H groups in total. The zero-order chi connectivity index (χ0) is 13.1. The van der Waals surface area contributed by atoms with Crippen molar-refractivity contribution >= 4 is 33.5 Å². The first-order valence-electron chi connectivity index (χ1n) is 6.44. The third-order valence-electron chi connectivity index (χ3n) is 3.32. The van der Waals surface area contributed by atoms with Gasteiger partial charge < -0.3 is 5.32 Å². The third kappa shape index (κ3) is 3.38. The van der Waals surface area contributed by atoms with Gasteiger partial charge in [0.05, 0.1) is 0 Å². The first kappa shape index (κ1) is 14.1. The van der Waals surface area contributed by atoms with Gasteiger partial charge in [0.2, 0.25) is 0 Å². The molecule has 3 nitrogen and oxygen atoms in total. The third-order valence-corrected chi connectivity index (χ3v) is 4.89. The molecule has 0 spiro atoms. The fourth-order valence-corrected chi connectivity index (χ4v) is 3.66. The molecule has 0 bridgehead atoms. The van der Waals surface area contributed by atoms with Crippen LogP contribution >= 0.6 is 27.7 Å². The number of nitrogens with zero attached hydrogens (tertiary/aromatic N) is 2. The molecule has 1 aliphatic carbocycles. The van der Waals surface area contributed by atoms with Crippen LogP contribution in [0.15, 0.2) is 10.7 Å². The van der Waals surface area contributed by atoms with Gasteiger partial charge in [-0.25, -0.2) is 9.97 Å². The van der Waals surface area contributed by atoms with Gasteiger partial charge in [-0.2, -0.15) is 11.8 Å². The lowest BCUT2D eigenvalue weighted by Crippen LogP contribution is -2.26. The standard InChI is InChI=1S/C13H20BrN3S/c1-8(2)13-16-11(14)7-12(17-13)15-9-5-4-6-10(9)18-3/h7-10H,4-6H2,1-3H3,(H,15,16,17). The number of nitrogens with one attached hydrogen (secondary N) is 1. The molecule has 1 saturated carbocycles. The number of hydrogen-bond donors (Lipinski definition) is 1. The molecule has 1 aromatic rings. The Kier molecular flexibility index (Phi) is 4.90. The molecule has 0 amide bonds. The number of anilines is 1. The summed E-state index contributed by atoms with van der Waals surface area (Å²) >= 11 is 5.42. The van der Waals surface area contributed by atoms with Crippen molar-refractivity contribution in [3.8, 4) is 0 Å². The summed E-state index contributed by atoms with van der Waals surface area (Å²) in [5.74, 6) is 2.19. The second-order valence-electron chi connectivity index (χ2n) is 5.04. The van der Waals surface area contributed by atoms with E-state index < -0.39 is 0 Å². The fraction of sp³-hybridized carbons (Fsp3) is 0.692. The van der Waals surface area contributed by atoms with Crippen molar-refractivity contribution in [1.29, 1.82) is 0 Å². The molecule has 5 heteroatoms. The molecule has 18 heavy (non-hydrogen) atoms. The summed E-state index contributed by atoms with van der Waals surface area (Å²) < 4.78 is 0.863. The Morgan fingerprint density at radius 3 is 2.83 bits per heavy atom. The molecule has 0 aromatic carbocycles. The van der Waals surface area contributed by atoms with Crippen molar-refractivity contribution < 1.29 is 0 Å². The number of hydrogen-bond acceptors (Lipinski definition) is 4. The minimum atomic E-state index is 0.350. The van der Waals surface area contributed by atoms with Crippen molar-refractivity contribution in [1.82, 2.24) is 9.97 Å². The van der Waals surface area contributed by atoms with Gasteiger partial charge in [0, 0.05) is 23.3 Å². The molecule has 1 fully saturated rings. The van der Waals surface area contributed by atoms with Gasteiger partial charge >= 0.3 is 0 Å². The van der Waals surface area contributed by atoms with Crippen LogP contribution in [0.3, 0.4) is 0 Å². The van der Waals surface area contributed by atoms with E-state index in [0.29, 0.717) is 17.2 Å². The Labute approximate surface area is 122 Å². The van der Waals surface area contributed by atoms with Crippen LogP contribution in [0.1, 0.15) is 44.9 Å². The van der Waals surface area contributed by atoms with Crippen LogP contribution in [0.2, 0.25) is 0 Å². The molecule has 2 unspecified atom stereocenters. The van der Waals surface area contributed by atoms with Gasteiger partial charge in [0.1, 0.15) is 16.2 Å². The summed E-state index contributed by atoms with van der Waals surface area (Å²) in [6, 6.07) is 2.52. The fourth-order valence-electron chi connectivity index (χ4n) is 2.33. The van der Waals surface area contributed by atoms with Crippen LogP contribution in [-0.4, -0.2) is 27.5 Å². The number of rotatable bonds is 4. The van der Waals surface area contributed by atoms with E-state index in [1.807, 2.05) is 17.8 Å². The summed E-state index contributed by atoms with van der Waals surface area (Å²) in [5.41, 5.74) is 0. The molecule has 2 rings (SSSR count). The van der Waals surface area contributed by atoms with Gasteiger partial charge in [-0.1, -0.05) is 20.3 Å². The van der Waals surface area contributed by atoms with E-state index in [-0.39, 0.29) is 0 Å². The first-order valence-corrected chi connectivity index (χ1v) is 8.52. The highest BCUT2D eigenvalue weighted by Gasteiger charge is 2.26. The van der Waals surface area contributed by atoms with E-state index in [9.17, 15) is 0 Å². The molecule has 0 aliphatic heterocycles. The Morgan fingerprint density at radius 2 is 2.17 bits per heavy atom. The number of thioether (sulfide) groups is 1. The van der Waals surface area contributed by atoms with Gasteiger partial charge in [-0.15, -0.1) is 0 Å². The van der Waals surface area contributed by atoms with Crippen molar-refractivity contribution in [2.75, 3.05) is 11.6 Å². The minimum absolute atomic E-state index is 0.350. The van der Waals surface area contributed by atoms with E-state index in [2.05, 4.69) is 51.3 Å². The summed E-state index contributed by atoms with van der Waals surface area (Å²) in [6.07, 6.45) is 6.05. The molecule has 1 aliphatic rings. The highest BCUT2D eigenvalue weighted by Crippen LogP contribution is 2.31. The van der Waals surface area contributed by atoms with Gasteiger partial charge in [-0.3, -0.25) is 0 Å². The Bertz CT molecular complexity index is 411. The maximum absolute atomic E-state index is 4.60. The van der Waals surface area contributed by atoms with Gasteiger partial charge in [0.15, 0.2) is 0 Å². The van der Waals surface area contributed by atoms with E-state index in [4.69, 9.17) is 0 Å². The predicted octanol–water partition coefficient (Wildman–Crippen LogP) is 4.06. The van der Waals surface area contributed by atoms with E-state index in [0.717, 1.165) is 16.2 Å². The monoisotopic (exact) mass is 329 g/mol. The van der Waals surface area contributed by atoms with Crippen molar-refractivity contribution in [2.24, 2.45) is 0 Å².